The van der Waals surface area contributed by atoms with Crippen molar-refractivity contribution in [3.05, 3.63) is 29.6 Å². The second kappa shape index (κ2) is 3.70. The predicted octanol–water partition coefficient (Wildman–Crippen LogP) is 3.59. The van der Waals surface area contributed by atoms with Crippen LogP contribution >= 0.6 is 0 Å². The smallest absolute Gasteiger partial charge is 0.126 e. The average Bonchev–Trinajstić information content (AvgIpc) is 2.56. The molecule has 1 aromatic rings. The molecule has 1 N–H and O–H groups in total. The van der Waals surface area contributed by atoms with E-state index < -0.39 is 6.10 Å². The van der Waals surface area contributed by atoms with E-state index in [9.17, 15) is 9.50 Å². The molecule has 0 bridgehead atoms. The van der Waals surface area contributed by atoms with Gasteiger partial charge in [0.15, 0.2) is 0 Å². The van der Waals surface area contributed by atoms with Crippen molar-refractivity contribution in [3.8, 4) is 5.75 Å². The van der Waals surface area contributed by atoms with E-state index in [-0.39, 0.29) is 16.8 Å². The van der Waals surface area contributed by atoms with Gasteiger partial charge in [-0.1, -0.05) is 13.8 Å². The number of aliphatic hydroxyl groups is 1. The molecule has 1 saturated carbocycles. The molecule has 1 heterocycles. The Bertz CT molecular complexity index is 483. The van der Waals surface area contributed by atoms with Gasteiger partial charge < -0.3 is 9.84 Å². The second-order valence-electron chi connectivity index (χ2n) is 6.53. The molecule has 0 amide bonds. The van der Waals surface area contributed by atoms with Crippen LogP contribution in [-0.2, 0) is 0 Å². The Labute approximate surface area is 107 Å². The molecule has 1 spiro atoms. The Kier molecular flexibility index (Phi) is 2.46. The summed E-state index contributed by atoms with van der Waals surface area (Å²) in [5, 5.41) is 10.2. The van der Waals surface area contributed by atoms with Crippen molar-refractivity contribution in [1.82, 2.24) is 0 Å². The number of benzene rings is 1. The monoisotopic (exact) mass is 250 g/mol. The van der Waals surface area contributed by atoms with Crippen LogP contribution < -0.4 is 4.74 Å². The fourth-order valence-electron chi connectivity index (χ4n) is 3.49. The minimum Gasteiger partial charge on any atom is -0.487 e. The molecule has 98 valence electrons. The normalized spacial score (nSPS) is 33.2. The first-order valence-corrected chi connectivity index (χ1v) is 6.56. The molecule has 1 fully saturated rings. The van der Waals surface area contributed by atoms with Crippen molar-refractivity contribution in [3.63, 3.8) is 0 Å². The average molecular weight is 250 g/mol. The molecule has 18 heavy (non-hydrogen) atoms. The molecule has 2 unspecified atom stereocenters. The molecule has 2 nitrogen and oxygen atoms in total. The molecule has 0 radical (unpaired) electrons. The fraction of sp³-hybridized carbons (Fsp3) is 0.600. The summed E-state index contributed by atoms with van der Waals surface area (Å²) in [6.07, 6.45) is 2.99. The predicted molar refractivity (Wildman–Crippen MR) is 67.0 cm³/mol. The number of hydrogen-bond donors (Lipinski definition) is 1. The standard InChI is InChI=1S/C15H19FO2/c1-14(2)5-6-15(9-14)8-12(17)11-7-10(16)3-4-13(11)18-15/h3-4,7,12,17H,5-6,8-9H2,1-2H3. The highest BCUT2D eigenvalue weighted by atomic mass is 19.1. The summed E-state index contributed by atoms with van der Waals surface area (Å²) in [5.74, 6) is 0.326. The minimum atomic E-state index is -0.613. The third-order valence-corrected chi connectivity index (χ3v) is 4.28. The van der Waals surface area contributed by atoms with E-state index >= 15 is 0 Å². The molecule has 1 aromatic carbocycles. The number of halogens is 1. The van der Waals surface area contributed by atoms with Crippen LogP contribution in [0, 0.1) is 11.2 Å². The van der Waals surface area contributed by atoms with Gasteiger partial charge in [0.2, 0.25) is 0 Å². The van der Waals surface area contributed by atoms with Gasteiger partial charge in [0, 0.05) is 12.0 Å². The molecule has 2 atom stereocenters. The Hall–Kier alpha value is -1.09. The summed E-state index contributed by atoms with van der Waals surface area (Å²) in [5.41, 5.74) is 0.593. The molecule has 0 saturated heterocycles. The van der Waals surface area contributed by atoms with E-state index in [0.717, 1.165) is 19.3 Å². The SMILES string of the molecule is CC1(C)CCC2(CC(O)c3cc(F)ccc3O2)C1. The Balaban J connectivity index is 1.95. The van der Waals surface area contributed by atoms with Crippen LogP contribution in [0.4, 0.5) is 4.39 Å². The largest absolute Gasteiger partial charge is 0.487 e. The molecule has 1 aliphatic heterocycles. The lowest BCUT2D eigenvalue weighted by molar-refractivity contribution is -0.0157. The third kappa shape index (κ3) is 1.91. The zero-order chi connectivity index (χ0) is 13.0. The van der Waals surface area contributed by atoms with Crippen molar-refractivity contribution < 1.29 is 14.2 Å². The highest BCUT2D eigenvalue weighted by Gasteiger charge is 2.49. The van der Waals surface area contributed by atoms with Gasteiger partial charge >= 0.3 is 0 Å². The van der Waals surface area contributed by atoms with Crippen LogP contribution in [0.15, 0.2) is 18.2 Å². The summed E-state index contributed by atoms with van der Waals surface area (Å²) in [6, 6.07) is 4.41. The van der Waals surface area contributed by atoms with Crippen molar-refractivity contribution >= 4 is 0 Å². The first-order valence-electron chi connectivity index (χ1n) is 6.56. The quantitative estimate of drug-likeness (QED) is 0.762. The summed E-state index contributed by atoms with van der Waals surface area (Å²) < 4.78 is 19.3. The molecule has 3 rings (SSSR count). The molecule has 3 heteroatoms. The maximum atomic E-state index is 13.2. The summed E-state index contributed by atoms with van der Waals surface area (Å²) >= 11 is 0. The summed E-state index contributed by atoms with van der Waals surface area (Å²) in [6.45, 7) is 4.47. The second-order valence-corrected chi connectivity index (χ2v) is 6.53. The fourth-order valence-corrected chi connectivity index (χ4v) is 3.49. The van der Waals surface area contributed by atoms with E-state index in [0.29, 0.717) is 17.7 Å². The molecule has 0 aromatic heterocycles. The van der Waals surface area contributed by atoms with Crippen LogP contribution in [0.25, 0.3) is 0 Å². The van der Waals surface area contributed by atoms with E-state index in [1.165, 1.54) is 12.1 Å². The zero-order valence-electron chi connectivity index (χ0n) is 10.9. The van der Waals surface area contributed by atoms with Crippen LogP contribution in [0.3, 0.4) is 0 Å². The van der Waals surface area contributed by atoms with E-state index in [2.05, 4.69) is 13.8 Å². The van der Waals surface area contributed by atoms with Gasteiger partial charge in [0.1, 0.15) is 17.2 Å². The van der Waals surface area contributed by atoms with Crippen LogP contribution in [0.1, 0.15) is 51.2 Å². The third-order valence-electron chi connectivity index (χ3n) is 4.28. The van der Waals surface area contributed by atoms with Crippen molar-refractivity contribution in [2.75, 3.05) is 0 Å². The minimum absolute atomic E-state index is 0.256. The van der Waals surface area contributed by atoms with E-state index in [1.807, 2.05) is 0 Å². The van der Waals surface area contributed by atoms with E-state index in [1.54, 1.807) is 6.07 Å². The lowest BCUT2D eigenvalue weighted by atomic mass is 9.83. The van der Waals surface area contributed by atoms with Gasteiger partial charge in [-0.3, -0.25) is 0 Å². The first kappa shape index (κ1) is 12.0. The number of hydrogen-bond acceptors (Lipinski definition) is 2. The maximum absolute atomic E-state index is 13.2. The van der Waals surface area contributed by atoms with Gasteiger partial charge in [-0.05, 0) is 42.9 Å². The van der Waals surface area contributed by atoms with Crippen LogP contribution in [0.2, 0.25) is 0 Å². The lowest BCUT2D eigenvalue weighted by Gasteiger charge is -2.39. The molecular formula is C15H19FO2. The van der Waals surface area contributed by atoms with Gasteiger partial charge in [0.05, 0.1) is 6.10 Å². The molecule has 1 aliphatic carbocycles. The van der Waals surface area contributed by atoms with Crippen molar-refractivity contribution in [2.45, 2.75) is 51.2 Å². The summed E-state index contributed by atoms with van der Waals surface area (Å²) in [4.78, 5) is 0. The van der Waals surface area contributed by atoms with Crippen molar-refractivity contribution in [1.29, 1.82) is 0 Å². The van der Waals surface area contributed by atoms with Gasteiger partial charge in [-0.2, -0.15) is 0 Å². The van der Waals surface area contributed by atoms with Crippen LogP contribution in [0.5, 0.6) is 5.75 Å². The highest BCUT2D eigenvalue weighted by Crippen LogP contribution is 2.52. The Morgan fingerprint density at radius 1 is 1.33 bits per heavy atom. The van der Waals surface area contributed by atoms with Gasteiger partial charge in [0.25, 0.3) is 0 Å². The first-order chi connectivity index (χ1) is 8.39. The lowest BCUT2D eigenvalue weighted by Crippen LogP contribution is -2.39. The number of aliphatic hydroxyl groups excluding tert-OH is 1. The number of rotatable bonds is 0. The van der Waals surface area contributed by atoms with Crippen molar-refractivity contribution in [2.24, 2.45) is 5.41 Å². The number of ether oxygens (including phenoxy) is 1. The molecular weight excluding hydrogens is 231 g/mol. The number of fused-ring (bicyclic) bond motifs is 1. The maximum Gasteiger partial charge on any atom is 0.126 e. The van der Waals surface area contributed by atoms with Gasteiger partial charge in [-0.25, -0.2) is 4.39 Å². The molecule has 2 aliphatic rings. The zero-order valence-corrected chi connectivity index (χ0v) is 10.9. The summed E-state index contributed by atoms with van der Waals surface area (Å²) in [7, 11) is 0. The van der Waals surface area contributed by atoms with Gasteiger partial charge in [-0.15, -0.1) is 0 Å². The topological polar surface area (TPSA) is 29.5 Å². The van der Waals surface area contributed by atoms with Crippen LogP contribution in [-0.4, -0.2) is 10.7 Å². The Morgan fingerprint density at radius 3 is 2.78 bits per heavy atom. The highest BCUT2D eigenvalue weighted by molar-refractivity contribution is 5.38. The van der Waals surface area contributed by atoms with E-state index in [4.69, 9.17) is 4.74 Å². The Morgan fingerprint density at radius 2 is 2.11 bits per heavy atom.